The summed E-state index contributed by atoms with van der Waals surface area (Å²) in [6.45, 7) is 2.87. The smallest absolute Gasteiger partial charge is 0.260 e. The van der Waals surface area contributed by atoms with Gasteiger partial charge in [-0.2, -0.15) is 0 Å². The SMILES string of the molecule is CCN(C(=O)COc1ccccc1)C1CCC(N)CC1. The minimum absolute atomic E-state index is 0.0665. The molecule has 1 saturated carbocycles. The average molecular weight is 276 g/mol. The van der Waals surface area contributed by atoms with Crippen LogP contribution < -0.4 is 10.5 Å². The van der Waals surface area contributed by atoms with Crippen LogP contribution in [-0.4, -0.2) is 36.0 Å². The fourth-order valence-electron chi connectivity index (χ4n) is 2.80. The number of nitrogens with zero attached hydrogens (tertiary/aromatic N) is 1. The Hall–Kier alpha value is -1.55. The fraction of sp³-hybridized carbons (Fsp3) is 0.562. The highest BCUT2D eigenvalue weighted by Gasteiger charge is 2.26. The zero-order chi connectivity index (χ0) is 14.4. The predicted molar refractivity (Wildman–Crippen MR) is 79.6 cm³/mol. The van der Waals surface area contributed by atoms with Gasteiger partial charge in [0.1, 0.15) is 5.75 Å². The van der Waals surface area contributed by atoms with Crippen molar-refractivity contribution in [2.45, 2.75) is 44.7 Å². The molecule has 110 valence electrons. The first-order valence-electron chi connectivity index (χ1n) is 7.43. The molecule has 2 N–H and O–H groups in total. The van der Waals surface area contributed by atoms with Gasteiger partial charge >= 0.3 is 0 Å². The first kappa shape index (κ1) is 14.9. The first-order valence-corrected chi connectivity index (χ1v) is 7.43. The van der Waals surface area contributed by atoms with Crippen LogP contribution in [0.4, 0.5) is 0 Å². The number of benzene rings is 1. The molecule has 0 atom stereocenters. The Morgan fingerprint density at radius 2 is 1.90 bits per heavy atom. The molecule has 4 heteroatoms. The number of nitrogens with two attached hydrogens (primary N) is 1. The van der Waals surface area contributed by atoms with E-state index in [2.05, 4.69) is 0 Å². The standard InChI is InChI=1S/C16H24N2O2/c1-2-18(14-10-8-13(17)9-11-14)16(19)12-20-15-6-4-3-5-7-15/h3-7,13-14H,2,8-12,17H2,1H3. The first-order chi connectivity index (χ1) is 9.70. The summed E-state index contributed by atoms with van der Waals surface area (Å²) in [4.78, 5) is 14.2. The normalized spacial score (nSPS) is 22.3. The molecule has 2 rings (SSSR count). The topological polar surface area (TPSA) is 55.6 Å². The van der Waals surface area contributed by atoms with Crippen molar-refractivity contribution in [1.29, 1.82) is 0 Å². The van der Waals surface area contributed by atoms with Gasteiger partial charge < -0.3 is 15.4 Å². The number of amides is 1. The van der Waals surface area contributed by atoms with E-state index in [1.54, 1.807) is 0 Å². The zero-order valence-corrected chi connectivity index (χ0v) is 12.1. The molecule has 1 amide bonds. The molecular weight excluding hydrogens is 252 g/mol. The highest BCUT2D eigenvalue weighted by atomic mass is 16.5. The van der Waals surface area contributed by atoms with Crippen LogP contribution in [0, 0.1) is 0 Å². The summed E-state index contributed by atoms with van der Waals surface area (Å²) in [5.41, 5.74) is 5.92. The van der Waals surface area contributed by atoms with Crippen LogP contribution in [-0.2, 0) is 4.79 Å². The summed E-state index contributed by atoms with van der Waals surface area (Å²) >= 11 is 0. The van der Waals surface area contributed by atoms with Crippen molar-refractivity contribution in [3.8, 4) is 5.75 Å². The fourth-order valence-corrected chi connectivity index (χ4v) is 2.80. The third-order valence-corrected chi connectivity index (χ3v) is 3.95. The van der Waals surface area contributed by atoms with Gasteiger partial charge in [-0.05, 0) is 44.7 Å². The lowest BCUT2D eigenvalue weighted by Crippen LogP contribution is -2.45. The number of carbonyl (C=O) groups excluding carboxylic acids is 1. The Bertz CT molecular complexity index is 414. The largest absolute Gasteiger partial charge is 0.484 e. The third-order valence-electron chi connectivity index (χ3n) is 3.95. The van der Waals surface area contributed by atoms with E-state index >= 15 is 0 Å². The molecule has 0 aliphatic heterocycles. The quantitative estimate of drug-likeness (QED) is 0.897. The molecule has 1 aromatic carbocycles. The maximum absolute atomic E-state index is 12.3. The van der Waals surface area contributed by atoms with Crippen LogP contribution in [0.25, 0.3) is 0 Å². The van der Waals surface area contributed by atoms with Crippen LogP contribution in [0.1, 0.15) is 32.6 Å². The van der Waals surface area contributed by atoms with E-state index in [-0.39, 0.29) is 12.5 Å². The van der Waals surface area contributed by atoms with Gasteiger partial charge in [0.05, 0.1) is 0 Å². The third kappa shape index (κ3) is 3.97. The van der Waals surface area contributed by atoms with Crippen molar-refractivity contribution in [2.75, 3.05) is 13.2 Å². The van der Waals surface area contributed by atoms with Crippen molar-refractivity contribution in [3.63, 3.8) is 0 Å². The molecule has 0 bridgehead atoms. The summed E-state index contributed by atoms with van der Waals surface area (Å²) < 4.78 is 5.55. The molecule has 1 fully saturated rings. The summed E-state index contributed by atoms with van der Waals surface area (Å²) in [6.07, 6.45) is 4.03. The molecule has 0 spiro atoms. The minimum Gasteiger partial charge on any atom is -0.484 e. The van der Waals surface area contributed by atoms with Crippen LogP contribution >= 0.6 is 0 Å². The molecule has 20 heavy (non-hydrogen) atoms. The van der Waals surface area contributed by atoms with Gasteiger partial charge in [-0.1, -0.05) is 18.2 Å². The van der Waals surface area contributed by atoms with Crippen LogP contribution in [0.5, 0.6) is 5.75 Å². The number of hydrogen-bond donors (Lipinski definition) is 1. The molecule has 4 nitrogen and oxygen atoms in total. The molecule has 1 aromatic rings. The van der Waals surface area contributed by atoms with E-state index in [1.807, 2.05) is 42.2 Å². The minimum atomic E-state index is 0.0665. The lowest BCUT2D eigenvalue weighted by atomic mass is 9.90. The Balaban J connectivity index is 1.86. The Kier molecular flexibility index (Phi) is 5.41. The second-order valence-electron chi connectivity index (χ2n) is 5.35. The van der Waals surface area contributed by atoms with Crippen molar-refractivity contribution in [3.05, 3.63) is 30.3 Å². The summed E-state index contributed by atoms with van der Waals surface area (Å²) in [6, 6.07) is 10.1. The molecule has 0 aromatic heterocycles. The lowest BCUT2D eigenvalue weighted by Gasteiger charge is -2.35. The molecule has 0 radical (unpaired) electrons. The van der Waals surface area contributed by atoms with Gasteiger partial charge in [-0.3, -0.25) is 4.79 Å². The van der Waals surface area contributed by atoms with Crippen LogP contribution in [0.3, 0.4) is 0 Å². The number of ether oxygens (including phenoxy) is 1. The molecular formula is C16H24N2O2. The predicted octanol–water partition coefficient (Wildman–Crippen LogP) is 2.18. The van der Waals surface area contributed by atoms with Crippen molar-refractivity contribution in [2.24, 2.45) is 5.73 Å². The number of likely N-dealkylation sites (N-methyl/N-ethyl adjacent to an activating group) is 1. The van der Waals surface area contributed by atoms with Gasteiger partial charge in [0, 0.05) is 18.6 Å². The number of carbonyl (C=O) groups is 1. The van der Waals surface area contributed by atoms with Crippen molar-refractivity contribution < 1.29 is 9.53 Å². The van der Waals surface area contributed by atoms with E-state index in [4.69, 9.17) is 10.5 Å². The van der Waals surface area contributed by atoms with Crippen molar-refractivity contribution in [1.82, 2.24) is 4.90 Å². The second kappa shape index (κ2) is 7.29. The number of para-hydroxylation sites is 1. The van der Waals surface area contributed by atoms with E-state index in [0.29, 0.717) is 12.1 Å². The Morgan fingerprint density at radius 3 is 2.50 bits per heavy atom. The molecule has 0 unspecified atom stereocenters. The average Bonchev–Trinajstić information content (AvgIpc) is 2.49. The second-order valence-corrected chi connectivity index (χ2v) is 5.35. The summed E-state index contributed by atoms with van der Waals surface area (Å²) in [5, 5.41) is 0. The van der Waals surface area contributed by atoms with E-state index in [9.17, 15) is 4.79 Å². The van der Waals surface area contributed by atoms with Gasteiger partial charge in [0.25, 0.3) is 5.91 Å². The highest BCUT2D eigenvalue weighted by molar-refractivity contribution is 5.78. The van der Waals surface area contributed by atoms with E-state index in [0.717, 1.165) is 38.0 Å². The summed E-state index contributed by atoms with van der Waals surface area (Å²) in [7, 11) is 0. The van der Waals surface area contributed by atoms with E-state index in [1.165, 1.54) is 0 Å². The highest BCUT2D eigenvalue weighted by Crippen LogP contribution is 2.22. The van der Waals surface area contributed by atoms with Gasteiger partial charge in [0.15, 0.2) is 6.61 Å². The molecule has 0 heterocycles. The maximum Gasteiger partial charge on any atom is 0.260 e. The Morgan fingerprint density at radius 1 is 1.25 bits per heavy atom. The Labute approximate surface area is 120 Å². The van der Waals surface area contributed by atoms with Crippen LogP contribution in [0.15, 0.2) is 30.3 Å². The molecule has 0 saturated heterocycles. The zero-order valence-electron chi connectivity index (χ0n) is 12.1. The van der Waals surface area contributed by atoms with Gasteiger partial charge in [-0.25, -0.2) is 0 Å². The molecule has 1 aliphatic carbocycles. The lowest BCUT2D eigenvalue weighted by molar-refractivity contribution is -0.136. The summed E-state index contributed by atoms with van der Waals surface area (Å²) in [5.74, 6) is 0.805. The van der Waals surface area contributed by atoms with Gasteiger partial charge in [0.2, 0.25) is 0 Å². The number of hydrogen-bond acceptors (Lipinski definition) is 3. The van der Waals surface area contributed by atoms with Crippen molar-refractivity contribution >= 4 is 5.91 Å². The van der Waals surface area contributed by atoms with Crippen LogP contribution in [0.2, 0.25) is 0 Å². The van der Waals surface area contributed by atoms with Gasteiger partial charge in [-0.15, -0.1) is 0 Å². The maximum atomic E-state index is 12.3. The number of rotatable bonds is 5. The molecule has 1 aliphatic rings. The van der Waals surface area contributed by atoms with E-state index < -0.39 is 0 Å². The monoisotopic (exact) mass is 276 g/mol.